The van der Waals surface area contributed by atoms with Gasteiger partial charge in [-0.25, -0.2) is 4.79 Å². The van der Waals surface area contributed by atoms with E-state index in [2.05, 4.69) is 22.3 Å². The molecular formula is C18H23N3O. The van der Waals surface area contributed by atoms with Gasteiger partial charge in [0.2, 0.25) is 0 Å². The number of hydrogen-bond acceptors (Lipinski definition) is 2. The summed E-state index contributed by atoms with van der Waals surface area (Å²) in [7, 11) is 5.82. The molecular weight excluding hydrogens is 274 g/mol. The Morgan fingerprint density at radius 2 is 1.73 bits per heavy atom. The molecule has 0 aliphatic heterocycles. The molecule has 0 spiro atoms. The SMILES string of the molecule is Cc1cccc(NC(=O)N(C)Cc2ccc(N(C)C)cc2)c1. The van der Waals surface area contributed by atoms with Gasteiger partial charge in [0.15, 0.2) is 0 Å². The molecule has 2 amide bonds. The summed E-state index contributed by atoms with van der Waals surface area (Å²) in [5.41, 5.74) is 4.20. The minimum Gasteiger partial charge on any atom is -0.378 e. The second kappa shape index (κ2) is 6.98. The lowest BCUT2D eigenvalue weighted by atomic mass is 10.2. The van der Waals surface area contributed by atoms with Crippen molar-refractivity contribution < 1.29 is 4.79 Å². The highest BCUT2D eigenvalue weighted by molar-refractivity contribution is 5.89. The van der Waals surface area contributed by atoms with Crippen molar-refractivity contribution in [3.05, 3.63) is 59.7 Å². The Balaban J connectivity index is 1.96. The summed E-state index contributed by atoms with van der Waals surface area (Å²) in [4.78, 5) is 15.9. The number of carbonyl (C=O) groups is 1. The maximum absolute atomic E-state index is 12.2. The number of benzene rings is 2. The van der Waals surface area contributed by atoms with E-state index in [0.717, 1.165) is 22.5 Å². The van der Waals surface area contributed by atoms with Crippen molar-refractivity contribution in [2.75, 3.05) is 31.4 Å². The number of urea groups is 1. The first-order chi connectivity index (χ1) is 10.5. The van der Waals surface area contributed by atoms with Crippen molar-refractivity contribution in [1.29, 1.82) is 0 Å². The van der Waals surface area contributed by atoms with Crippen LogP contribution < -0.4 is 10.2 Å². The molecule has 0 saturated carbocycles. The Morgan fingerprint density at radius 1 is 1.05 bits per heavy atom. The van der Waals surface area contributed by atoms with Gasteiger partial charge in [-0.3, -0.25) is 0 Å². The summed E-state index contributed by atoms with van der Waals surface area (Å²) in [6.07, 6.45) is 0. The fourth-order valence-corrected chi connectivity index (χ4v) is 2.19. The predicted molar refractivity (Wildman–Crippen MR) is 92.4 cm³/mol. The molecule has 4 nitrogen and oxygen atoms in total. The predicted octanol–water partition coefficient (Wildman–Crippen LogP) is 3.72. The third kappa shape index (κ3) is 4.25. The zero-order valence-electron chi connectivity index (χ0n) is 13.6. The van der Waals surface area contributed by atoms with E-state index < -0.39 is 0 Å². The summed E-state index contributed by atoms with van der Waals surface area (Å²) < 4.78 is 0. The van der Waals surface area contributed by atoms with Gasteiger partial charge in [0, 0.05) is 39.1 Å². The van der Waals surface area contributed by atoms with E-state index in [1.54, 1.807) is 11.9 Å². The molecule has 0 unspecified atom stereocenters. The Kier molecular flexibility index (Phi) is 5.04. The molecule has 0 fully saturated rings. The molecule has 0 bridgehead atoms. The first-order valence-corrected chi connectivity index (χ1v) is 7.31. The molecule has 2 rings (SSSR count). The third-order valence-corrected chi connectivity index (χ3v) is 3.49. The van der Waals surface area contributed by atoms with Crippen LogP contribution in [-0.2, 0) is 6.54 Å². The molecule has 22 heavy (non-hydrogen) atoms. The minimum absolute atomic E-state index is 0.109. The zero-order valence-corrected chi connectivity index (χ0v) is 13.6. The Bertz CT molecular complexity index is 635. The second-order valence-electron chi connectivity index (χ2n) is 5.72. The van der Waals surface area contributed by atoms with Gasteiger partial charge in [-0.05, 0) is 42.3 Å². The third-order valence-electron chi connectivity index (χ3n) is 3.49. The maximum atomic E-state index is 12.2. The number of amides is 2. The van der Waals surface area contributed by atoms with E-state index in [0.29, 0.717) is 6.54 Å². The van der Waals surface area contributed by atoms with E-state index in [-0.39, 0.29) is 6.03 Å². The van der Waals surface area contributed by atoms with Crippen LogP contribution in [0.5, 0.6) is 0 Å². The molecule has 0 aliphatic carbocycles. The Labute approximate surface area is 132 Å². The minimum atomic E-state index is -0.109. The maximum Gasteiger partial charge on any atom is 0.321 e. The van der Waals surface area contributed by atoms with Gasteiger partial charge in [0.25, 0.3) is 0 Å². The van der Waals surface area contributed by atoms with Crippen LogP contribution in [0.15, 0.2) is 48.5 Å². The van der Waals surface area contributed by atoms with Gasteiger partial charge in [0.1, 0.15) is 0 Å². The number of rotatable bonds is 4. The van der Waals surface area contributed by atoms with Crippen molar-refractivity contribution in [1.82, 2.24) is 4.90 Å². The molecule has 0 atom stereocenters. The molecule has 0 heterocycles. The standard InChI is InChI=1S/C18H23N3O/c1-14-6-5-7-16(12-14)19-18(22)21(4)13-15-8-10-17(11-9-15)20(2)3/h5-12H,13H2,1-4H3,(H,19,22). The average molecular weight is 297 g/mol. The van der Waals surface area contributed by atoms with Crippen LogP contribution in [0.25, 0.3) is 0 Å². The summed E-state index contributed by atoms with van der Waals surface area (Å²) in [6, 6.07) is 15.9. The Morgan fingerprint density at radius 3 is 2.32 bits per heavy atom. The number of carbonyl (C=O) groups excluding carboxylic acids is 1. The molecule has 2 aromatic rings. The van der Waals surface area contributed by atoms with Crippen LogP contribution >= 0.6 is 0 Å². The number of nitrogens with zero attached hydrogens (tertiary/aromatic N) is 2. The highest BCUT2D eigenvalue weighted by Crippen LogP contribution is 2.14. The van der Waals surface area contributed by atoms with Gasteiger partial charge >= 0.3 is 6.03 Å². The molecule has 1 N–H and O–H groups in total. The van der Waals surface area contributed by atoms with Crippen molar-refractivity contribution >= 4 is 17.4 Å². The fraction of sp³-hybridized carbons (Fsp3) is 0.278. The second-order valence-corrected chi connectivity index (χ2v) is 5.72. The van der Waals surface area contributed by atoms with E-state index in [1.165, 1.54) is 0 Å². The van der Waals surface area contributed by atoms with Crippen LogP contribution in [0.1, 0.15) is 11.1 Å². The lowest BCUT2D eigenvalue weighted by Gasteiger charge is -2.19. The first-order valence-electron chi connectivity index (χ1n) is 7.31. The van der Waals surface area contributed by atoms with Crippen molar-refractivity contribution in [2.45, 2.75) is 13.5 Å². The molecule has 0 saturated heterocycles. The van der Waals surface area contributed by atoms with Gasteiger partial charge in [0.05, 0.1) is 0 Å². The molecule has 116 valence electrons. The van der Waals surface area contributed by atoms with Crippen LogP contribution in [0.2, 0.25) is 0 Å². The van der Waals surface area contributed by atoms with E-state index in [9.17, 15) is 4.79 Å². The van der Waals surface area contributed by atoms with Crippen LogP contribution in [0.3, 0.4) is 0 Å². The number of nitrogens with one attached hydrogen (secondary N) is 1. The molecule has 4 heteroatoms. The zero-order chi connectivity index (χ0) is 16.1. The highest BCUT2D eigenvalue weighted by Gasteiger charge is 2.09. The topological polar surface area (TPSA) is 35.6 Å². The van der Waals surface area contributed by atoms with Crippen LogP contribution in [0.4, 0.5) is 16.2 Å². The summed E-state index contributed by atoms with van der Waals surface area (Å²) in [5.74, 6) is 0. The first kappa shape index (κ1) is 15.9. The largest absolute Gasteiger partial charge is 0.378 e. The van der Waals surface area contributed by atoms with Gasteiger partial charge in [-0.1, -0.05) is 24.3 Å². The molecule has 0 radical (unpaired) electrons. The average Bonchev–Trinajstić information content (AvgIpc) is 2.47. The Hall–Kier alpha value is -2.49. The summed E-state index contributed by atoms with van der Waals surface area (Å²) in [6.45, 7) is 2.58. The van der Waals surface area contributed by atoms with Crippen LogP contribution in [-0.4, -0.2) is 32.1 Å². The lowest BCUT2D eigenvalue weighted by Crippen LogP contribution is -2.30. The highest BCUT2D eigenvalue weighted by atomic mass is 16.2. The number of aryl methyl sites for hydroxylation is 1. The number of hydrogen-bond donors (Lipinski definition) is 1. The lowest BCUT2D eigenvalue weighted by molar-refractivity contribution is 0.220. The normalized spacial score (nSPS) is 10.2. The quantitative estimate of drug-likeness (QED) is 0.933. The van der Waals surface area contributed by atoms with E-state index in [4.69, 9.17) is 0 Å². The van der Waals surface area contributed by atoms with Crippen LogP contribution in [0, 0.1) is 6.92 Å². The van der Waals surface area contributed by atoms with Crippen molar-refractivity contribution in [3.8, 4) is 0 Å². The molecule has 0 aromatic heterocycles. The van der Waals surface area contributed by atoms with Gasteiger partial charge in [-0.15, -0.1) is 0 Å². The van der Waals surface area contributed by atoms with E-state index >= 15 is 0 Å². The van der Waals surface area contributed by atoms with Crippen molar-refractivity contribution in [3.63, 3.8) is 0 Å². The fourth-order valence-electron chi connectivity index (χ4n) is 2.19. The summed E-state index contributed by atoms with van der Waals surface area (Å²) >= 11 is 0. The van der Waals surface area contributed by atoms with Crippen molar-refractivity contribution in [2.24, 2.45) is 0 Å². The summed E-state index contributed by atoms with van der Waals surface area (Å²) in [5, 5.41) is 2.91. The molecule has 0 aliphatic rings. The molecule has 2 aromatic carbocycles. The van der Waals surface area contributed by atoms with E-state index in [1.807, 2.05) is 57.4 Å². The van der Waals surface area contributed by atoms with Gasteiger partial charge in [-0.2, -0.15) is 0 Å². The monoisotopic (exact) mass is 297 g/mol. The number of anilines is 2. The smallest absolute Gasteiger partial charge is 0.321 e. The van der Waals surface area contributed by atoms with Gasteiger partial charge < -0.3 is 15.1 Å².